The molecule has 2 nitrogen and oxygen atoms in total. The van der Waals surface area contributed by atoms with Crippen LogP contribution >= 0.6 is 0 Å². The van der Waals surface area contributed by atoms with Crippen molar-refractivity contribution in [3.63, 3.8) is 0 Å². The molecule has 2 heteroatoms. The first-order valence-corrected chi connectivity index (χ1v) is 18.7. The van der Waals surface area contributed by atoms with Crippen LogP contribution in [0.3, 0.4) is 0 Å². The topological polar surface area (TPSA) is 9.86 Å². The predicted octanol–water partition coefficient (Wildman–Crippen LogP) is 14.0. The molecule has 0 fully saturated rings. The first-order chi connectivity index (χ1) is 26.7. The largest absolute Gasteiger partial charge is 0.309 e. The summed E-state index contributed by atoms with van der Waals surface area (Å²) < 4.78 is 4.89. The molecule has 0 bridgehead atoms. The van der Waals surface area contributed by atoms with Crippen LogP contribution in [0.15, 0.2) is 195 Å². The van der Waals surface area contributed by atoms with E-state index in [1.807, 2.05) is 6.92 Å². The van der Waals surface area contributed by atoms with E-state index in [2.05, 4.69) is 198 Å². The zero-order chi connectivity index (χ0) is 36.2. The number of allylic oxidation sites excluding steroid dienone is 1. The Labute approximate surface area is 315 Å². The highest BCUT2D eigenvalue weighted by Crippen LogP contribution is 2.43. The SMILES string of the molecule is C=CC.c1ccc(-c2ccc3c(c2)c2ccccc2n3-c2ccc3c(c2)-c2cc(-n4c5ccccc5c5cc(-c6ccccc6)ccc54)ccc2C3)cc1. The van der Waals surface area contributed by atoms with Crippen LogP contribution in [0.4, 0.5) is 0 Å². The highest BCUT2D eigenvalue weighted by Gasteiger charge is 2.22. The van der Waals surface area contributed by atoms with Crippen molar-refractivity contribution in [3.8, 4) is 44.8 Å². The summed E-state index contributed by atoms with van der Waals surface area (Å²) in [4.78, 5) is 0. The maximum atomic E-state index is 3.36. The molecule has 0 saturated heterocycles. The molecule has 1 aliphatic rings. The molecule has 0 N–H and O–H groups in total. The summed E-state index contributed by atoms with van der Waals surface area (Å²) in [5.41, 5.74) is 17.6. The molecule has 2 heterocycles. The summed E-state index contributed by atoms with van der Waals surface area (Å²) in [5.74, 6) is 0. The molecule has 0 spiro atoms. The number of hydrogen-bond donors (Lipinski definition) is 0. The van der Waals surface area contributed by atoms with Crippen molar-refractivity contribution >= 4 is 43.6 Å². The second kappa shape index (κ2) is 12.9. The molecule has 0 amide bonds. The van der Waals surface area contributed by atoms with Crippen molar-refractivity contribution in [1.82, 2.24) is 9.13 Å². The van der Waals surface area contributed by atoms with Crippen molar-refractivity contribution in [3.05, 3.63) is 206 Å². The van der Waals surface area contributed by atoms with E-state index >= 15 is 0 Å². The van der Waals surface area contributed by atoms with E-state index in [0.717, 1.165) is 6.42 Å². The third-order valence-corrected chi connectivity index (χ3v) is 10.9. The third kappa shape index (κ3) is 5.10. The quantitative estimate of drug-likeness (QED) is 0.163. The lowest BCUT2D eigenvalue weighted by Crippen LogP contribution is -1.96. The van der Waals surface area contributed by atoms with Crippen molar-refractivity contribution < 1.29 is 0 Å². The van der Waals surface area contributed by atoms with Gasteiger partial charge in [0.15, 0.2) is 0 Å². The number of benzene rings is 8. The Kier molecular flexibility index (Phi) is 7.63. The Morgan fingerprint density at radius 3 is 1.22 bits per heavy atom. The van der Waals surface area contributed by atoms with Gasteiger partial charge in [0.25, 0.3) is 0 Å². The van der Waals surface area contributed by atoms with Gasteiger partial charge in [-0.1, -0.05) is 127 Å². The number of aromatic nitrogens is 2. The standard InChI is InChI=1S/C49H32N2.C3H6/c1-3-11-32(12-4-1)34-21-25-48-44(28-34)40-15-7-9-17-46(40)50(48)38-23-19-36-27-37-20-24-39(31-43(37)42(36)30-38)51-47-18-10-8-16-41(47)45-29-35(22-26-49(45)51)33-13-5-2-6-14-33;1-3-2/h1-26,28-31H,27H2;3H,1H2,2H3. The van der Waals surface area contributed by atoms with Gasteiger partial charge in [-0.25, -0.2) is 0 Å². The average Bonchev–Trinajstić information content (AvgIpc) is 3.88. The lowest BCUT2D eigenvalue weighted by molar-refractivity contribution is 1.17. The molecule has 0 aliphatic heterocycles. The summed E-state index contributed by atoms with van der Waals surface area (Å²) in [6, 6.07) is 66.9. The number of rotatable bonds is 4. The van der Waals surface area contributed by atoms with Gasteiger partial charge in [-0.05, 0) is 119 Å². The first-order valence-electron chi connectivity index (χ1n) is 18.7. The Morgan fingerprint density at radius 1 is 0.389 bits per heavy atom. The number of fused-ring (bicyclic) bond motifs is 9. The van der Waals surface area contributed by atoms with E-state index < -0.39 is 0 Å². The molecule has 0 atom stereocenters. The van der Waals surface area contributed by atoms with E-state index in [1.54, 1.807) is 6.08 Å². The minimum Gasteiger partial charge on any atom is -0.309 e. The minimum atomic E-state index is 0.951. The maximum Gasteiger partial charge on any atom is 0.0541 e. The molecule has 0 saturated carbocycles. The maximum absolute atomic E-state index is 3.36. The van der Waals surface area contributed by atoms with Crippen LogP contribution in [0, 0.1) is 0 Å². The minimum absolute atomic E-state index is 0.951. The Bertz CT molecular complexity index is 2830. The summed E-state index contributed by atoms with van der Waals surface area (Å²) in [7, 11) is 0. The van der Waals surface area contributed by atoms with Crippen LogP contribution in [0.2, 0.25) is 0 Å². The number of nitrogens with zero attached hydrogens (tertiary/aromatic N) is 2. The van der Waals surface area contributed by atoms with Gasteiger partial charge >= 0.3 is 0 Å². The fourth-order valence-electron chi connectivity index (χ4n) is 8.54. The molecule has 0 unspecified atom stereocenters. The van der Waals surface area contributed by atoms with Gasteiger partial charge in [0.2, 0.25) is 0 Å². The molecular weight excluding hydrogens is 653 g/mol. The van der Waals surface area contributed by atoms with E-state index in [1.165, 1.54) is 99.5 Å². The fraction of sp³-hybridized carbons (Fsp3) is 0.0385. The molecule has 8 aromatic carbocycles. The molecule has 1 aliphatic carbocycles. The van der Waals surface area contributed by atoms with Crippen LogP contribution < -0.4 is 0 Å². The van der Waals surface area contributed by atoms with Crippen molar-refractivity contribution in [2.24, 2.45) is 0 Å². The van der Waals surface area contributed by atoms with Crippen LogP contribution in [0.1, 0.15) is 18.1 Å². The Morgan fingerprint density at radius 2 is 0.778 bits per heavy atom. The molecule has 10 aromatic rings. The summed E-state index contributed by atoms with van der Waals surface area (Å²) in [6.45, 7) is 5.25. The van der Waals surface area contributed by atoms with Crippen LogP contribution in [-0.4, -0.2) is 9.13 Å². The van der Waals surface area contributed by atoms with Crippen LogP contribution in [-0.2, 0) is 6.42 Å². The third-order valence-electron chi connectivity index (χ3n) is 10.9. The molecule has 11 rings (SSSR count). The first kappa shape index (κ1) is 31.8. The van der Waals surface area contributed by atoms with E-state index in [-0.39, 0.29) is 0 Å². The molecule has 54 heavy (non-hydrogen) atoms. The van der Waals surface area contributed by atoms with E-state index in [9.17, 15) is 0 Å². The van der Waals surface area contributed by atoms with Crippen molar-refractivity contribution in [2.75, 3.05) is 0 Å². The van der Waals surface area contributed by atoms with Gasteiger partial charge in [0, 0.05) is 32.9 Å². The van der Waals surface area contributed by atoms with Crippen molar-refractivity contribution in [2.45, 2.75) is 13.3 Å². The number of hydrogen-bond acceptors (Lipinski definition) is 0. The van der Waals surface area contributed by atoms with Gasteiger partial charge in [-0.3, -0.25) is 0 Å². The van der Waals surface area contributed by atoms with Crippen molar-refractivity contribution in [1.29, 1.82) is 0 Å². The smallest absolute Gasteiger partial charge is 0.0541 e. The predicted molar refractivity (Wildman–Crippen MR) is 230 cm³/mol. The second-order valence-corrected chi connectivity index (χ2v) is 14.2. The van der Waals surface area contributed by atoms with Gasteiger partial charge in [0.1, 0.15) is 0 Å². The monoisotopic (exact) mass is 690 g/mol. The number of para-hydroxylation sites is 2. The summed E-state index contributed by atoms with van der Waals surface area (Å²) in [6.07, 6.45) is 2.70. The highest BCUT2D eigenvalue weighted by atomic mass is 15.0. The summed E-state index contributed by atoms with van der Waals surface area (Å²) >= 11 is 0. The Hall–Kier alpha value is -6.90. The zero-order valence-corrected chi connectivity index (χ0v) is 30.2. The molecule has 256 valence electrons. The van der Waals surface area contributed by atoms with Gasteiger partial charge in [-0.2, -0.15) is 0 Å². The fourth-order valence-corrected chi connectivity index (χ4v) is 8.54. The van der Waals surface area contributed by atoms with E-state index in [0.29, 0.717) is 0 Å². The average molecular weight is 691 g/mol. The highest BCUT2D eigenvalue weighted by molar-refractivity contribution is 6.11. The van der Waals surface area contributed by atoms with Crippen LogP contribution in [0.25, 0.3) is 88.4 Å². The van der Waals surface area contributed by atoms with E-state index in [4.69, 9.17) is 0 Å². The summed E-state index contributed by atoms with van der Waals surface area (Å²) in [5, 5.41) is 5.10. The zero-order valence-electron chi connectivity index (χ0n) is 30.2. The van der Waals surface area contributed by atoms with Gasteiger partial charge in [-0.15, -0.1) is 6.58 Å². The van der Waals surface area contributed by atoms with Gasteiger partial charge in [0.05, 0.1) is 22.1 Å². The van der Waals surface area contributed by atoms with Gasteiger partial charge < -0.3 is 9.13 Å². The Balaban J connectivity index is 0.00000117. The lowest BCUT2D eigenvalue weighted by atomic mass is 10.0. The van der Waals surface area contributed by atoms with Crippen LogP contribution in [0.5, 0.6) is 0 Å². The second-order valence-electron chi connectivity index (χ2n) is 14.2. The molecule has 0 radical (unpaired) electrons. The molecule has 2 aromatic heterocycles. The normalized spacial score (nSPS) is 11.8. The lowest BCUT2D eigenvalue weighted by Gasteiger charge is -2.13. The molecular formula is C52H38N2.